The van der Waals surface area contributed by atoms with Gasteiger partial charge in [-0.1, -0.05) is 0 Å². The molecule has 18 heavy (non-hydrogen) atoms. The average Bonchev–Trinajstić information content (AvgIpc) is 3.14. The molecule has 1 aliphatic rings. The van der Waals surface area contributed by atoms with Crippen LogP contribution in [0.1, 0.15) is 18.4 Å². The maximum absolute atomic E-state index is 11.7. The lowest BCUT2D eigenvalue weighted by Crippen LogP contribution is -2.30. The Labute approximate surface area is 106 Å². The van der Waals surface area contributed by atoms with Crippen molar-refractivity contribution in [2.75, 3.05) is 19.5 Å². The van der Waals surface area contributed by atoms with Crippen LogP contribution in [0.2, 0.25) is 0 Å². The third kappa shape index (κ3) is 2.85. The highest BCUT2D eigenvalue weighted by Crippen LogP contribution is 2.32. The molecule has 1 fully saturated rings. The van der Waals surface area contributed by atoms with Crippen molar-refractivity contribution in [3.63, 3.8) is 0 Å². The number of nitrogens with one attached hydrogen (secondary N) is 2. The maximum Gasteiger partial charge on any atom is 0.319 e. The molecular formula is C13H18N2O3. The summed E-state index contributed by atoms with van der Waals surface area (Å²) in [5.74, 6) is 1.26. The van der Waals surface area contributed by atoms with Gasteiger partial charge in [0.15, 0.2) is 11.5 Å². The molecule has 1 aliphatic carbocycles. The Bertz CT molecular complexity index is 456. The van der Waals surface area contributed by atoms with Crippen LogP contribution in [0, 0.1) is 6.92 Å². The van der Waals surface area contributed by atoms with Gasteiger partial charge in [-0.15, -0.1) is 0 Å². The number of benzene rings is 1. The Hall–Kier alpha value is -1.91. The highest BCUT2D eigenvalue weighted by molar-refractivity contribution is 5.91. The SMILES string of the molecule is COc1cc(C)c(NC(=O)NC2CC2)cc1OC. The number of methoxy groups -OCH3 is 2. The molecule has 2 N–H and O–H groups in total. The lowest BCUT2D eigenvalue weighted by atomic mass is 10.1. The highest BCUT2D eigenvalue weighted by Gasteiger charge is 2.23. The molecule has 1 aromatic carbocycles. The number of hydrogen-bond acceptors (Lipinski definition) is 3. The minimum atomic E-state index is -0.173. The Morgan fingerprint density at radius 3 is 2.39 bits per heavy atom. The van der Waals surface area contributed by atoms with E-state index in [1.807, 2.05) is 13.0 Å². The molecule has 0 aromatic heterocycles. The first-order chi connectivity index (χ1) is 8.63. The van der Waals surface area contributed by atoms with Gasteiger partial charge in [-0.25, -0.2) is 4.79 Å². The van der Waals surface area contributed by atoms with Crippen LogP contribution < -0.4 is 20.1 Å². The van der Waals surface area contributed by atoms with E-state index in [0.29, 0.717) is 17.5 Å². The summed E-state index contributed by atoms with van der Waals surface area (Å²) in [4.78, 5) is 11.7. The minimum Gasteiger partial charge on any atom is -0.493 e. The number of ether oxygens (including phenoxy) is 2. The fourth-order valence-electron chi connectivity index (χ4n) is 1.69. The van der Waals surface area contributed by atoms with E-state index in [9.17, 15) is 4.79 Å². The maximum atomic E-state index is 11.7. The van der Waals surface area contributed by atoms with Gasteiger partial charge in [0.05, 0.1) is 14.2 Å². The predicted molar refractivity (Wildman–Crippen MR) is 69.5 cm³/mol. The molecule has 5 heteroatoms. The monoisotopic (exact) mass is 250 g/mol. The van der Waals surface area contributed by atoms with E-state index in [0.717, 1.165) is 24.1 Å². The summed E-state index contributed by atoms with van der Waals surface area (Å²) in [6.45, 7) is 1.91. The number of hydrogen-bond donors (Lipinski definition) is 2. The normalized spacial score (nSPS) is 13.9. The van der Waals surface area contributed by atoms with Crippen molar-refractivity contribution in [3.05, 3.63) is 17.7 Å². The Morgan fingerprint density at radius 1 is 1.22 bits per heavy atom. The number of anilines is 1. The van der Waals surface area contributed by atoms with Crippen molar-refractivity contribution in [1.29, 1.82) is 0 Å². The van der Waals surface area contributed by atoms with E-state index in [1.54, 1.807) is 20.3 Å². The summed E-state index contributed by atoms with van der Waals surface area (Å²) in [6.07, 6.45) is 2.14. The fourth-order valence-corrected chi connectivity index (χ4v) is 1.69. The molecule has 0 atom stereocenters. The second-order valence-corrected chi connectivity index (χ2v) is 4.39. The first-order valence-electron chi connectivity index (χ1n) is 5.94. The van der Waals surface area contributed by atoms with Crippen LogP contribution in [0.15, 0.2) is 12.1 Å². The number of urea groups is 1. The van der Waals surface area contributed by atoms with E-state index >= 15 is 0 Å². The standard InChI is InChI=1S/C13H18N2O3/c1-8-6-11(17-2)12(18-3)7-10(8)15-13(16)14-9-4-5-9/h6-7,9H,4-5H2,1-3H3,(H2,14,15,16). The number of rotatable bonds is 4. The Morgan fingerprint density at radius 2 is 1.83 bits per heavy atom. The summed E-state index contributed by atoms with van der Waals surface area (Å²) >= 11 is 0. The van der Waals surface area contributed by atoms with Gasteiger partial charge in [-0.3, -0.25) is 0 Å². The van der Waals surface area contributed by atoms with Gasteiger partial charge in [0.25, 0.3) is 0 Å². The van der Waals surface area contributed by atoms with E-state index < -0.39 is 0 Å². The van der Waals surface area contributed by atoms with E-state index in [2.05, 4.69) is 10.6 Å². The predicted octanol–water partition coefficient (Wildman–Crippen LogP) is 2.30. The summed E-state index contributed by atoms with van der Waals surface area (Å²) in [6, 6.07) is 3.77. The van der Waals surface area contributed by atoms with Crippen molar-refractivity contribution in [1.82, 2.24) is 5.32 Å². The van der Waals surface area contributed by atoms with Gasteiger partial charge in [-0.05, 0) is 31.4 Å². The molecule has 0 radical (unpaired) electrons. The van der Waals surface area contributed by atoms with Crippen molar-refractivity contribution >= 4 is 11.7 Å². The third-order valence-corrected chi connectivity index (χ3v) is 2.89. The second-order valence-electron chi connectivity index (χ2n) is 4.39. The number of carbonyl (C=O) groups excluding carboxylic acids is 1. The van der Waals surface area contributed by atoms with Gasteiger partial charge >= 0.3 is 6.03 Å². The molecular weight excluding hydrogens is 232 g/mol. The molecule has 1 aromatic rings. The smallest absolute Gasteiger partial charge is 0.319 e. The van der Waals surface area contributed by atoms with E-state index in [4.69, 9.17) is 9.47 Å². The van der Waals surface area contributed by atoms with Crippen LogP contribution in [-0.4, -0.2) is 26.3 Å². The number of amides is 2. The van der Waals surface area contributed by atoms with Crippen LogP contribution in [0.5, 0.6) is 11.5 Å². The molecule has 0 heterocycles. The summed E-state index contributed by atoms with van der Waals surface area (Å²) in [5, 5.41) is 5.70. The largest absolute Gasteiger partial charge is 0.493 e. The molecule has 0 aliphatic heterocycles. The quantitative estimate of drug-likeness (QED) is 0.862. The molecule has 2 rings (SSSR count). The number of aryl methyl sites for hydroxylation is 1. The second kappa shape index (κ2) is 5.16. The van der Waals surface area contributed by atoms with Crippen LogP contribution in [0.3, 0.4) is 0 Å². The minimum absolute atomic E-state index is 0.173. The zero-order valence-electron chi connectivity index (χ0n) is 10.9. The van der Waals surface area contributed by atoms with Crippen molar-refractivity contribution in [2.45, 2.75) is 25.8 Å². The molecule has 0 spiro atoms. The number of carbonyl (C=O) groups is 1. The van der Waals surface area contributed by atoms with Crippen LogP contribution in [0.25, 0.3) is 0 Å². The van der Waals surface area contributed by atoms with E-state index in [1.165, 1.54) is 0 Å². The highest BCUT2D eigenvalue weighted by atomic mass is 16.5. The molecule has 0 bridgehead atoms. The zero-order chi connectivity index (χ0) is 13.1. The average molecular weight is 250 g/mol. The van der Waals surface area contributed by atoms with Crippen LogP contribution >= 0.6 is 0 Å². The van der Waals surface area contributed by atoms with Crippen molar-refractivity contribution in [3.8, 4) is 11.5 Å². The summed E-state index contributed by atoms with van der Waals surface area (Å²) in [7, 11) is 3.16. The lowest BCUT2D eigenvalue weighted by molar-refractivity contribution is 0.251. The third-order valence-electron chi connectivity index (χ3n) is 2.89. The van der Waals surface area contributed by atoms with Gasteiger partial charge in [0.2, 0.25) is 0 Å². The summed E-state index contributed by atoms with van der Waals surface area (Å²) < 4.78 is 10.4. The zero-order valence-corrected chi connectivity index (χ0v) is 10.9. The first kappa shape index (κ1) is 12.5. The van der Waals surface area contributed by atoms with Crippen LogP contribution in [-0.2, 0) is 0 Å². The van der Waals surface area contributed by atoms with E-state index in [-0.39, 0.29) is 6.03 Å². The van der Waals surface area contributed by atoms with Crippen LogP contribution in [0.4, 0.5) is 10.5 Å². The van der Waals surface area contributed by atoms with Crippen molar-refractivity contribution in [2.24, 2.45) is 0 Å². The Kier molecular flexibility index (Phi) is 3.60. The topological polar surface area (TPSA) is 59.6 Å². The van der Waals surface area contributed by atoms with Gasteiger partial charge in [0.1, 0.15) is 0 Å². The van der Waals surface area contributed by atoms with Gasteiger partial charge in [0, 0.05) is 17.8 Å². The van der Waals surface area contributed by atoms with Gasteiger partial charge in [-0.2, -0.15) is 0 Å². The summed E-state index contributed by atoms with van der Waals surface area (Å²) in [5.41, 5.74) is 1.66. The fraction of sp³-hybridized carbons (Fsp3) is 0.462. The molecule has 1 saturated carbocycles. The molecule has 5 nitrogen and oxygen atoms in total. The van der Waals surface area contributed by atoms with Gasteiger partial charge < -0.3 is 20.1 Å². The first-order valence-corrected chi connectivity index (χ1v) is 5.94. The molecule has 2 amide bonds. The Balaban J connectivity index is 2.13. The molecule has 0 saturated heterocycles. The molecule has 98 valence electrons. The molecule has 0 unspecified atom stereocenters. The lowest BCUT2D eigenvalue weighted by Gasteiger charge is -2.14. The van der Waals surface area contributed by atoms with Crippen molar-refractivity contribution < 1.29 is 14.3 Å².